The largest absolute Gasteiger partial charge is 0.392 e. The van der Waals surface area contributed by atoms with Crippen molar-refractivity contribution < 1.29 is 9.50 Å². The van der Waals surface area contributed by atoms with Gasteiger partial charge in [-0.3, -0.25) is 4.79 Å². The number of rotatable bonds is 3. The second-order valence-electron chi connectivity index (χ2n) is 5.17. The van der Waals surface area contributed by atoms with E-state index in [0.29, 0.717) is 17.5 Å². The number of aliphatic hydroxyl groups is 1. The van der Waals surface area contributed by atoms with Gasteiger partial charge < -0.3 is 9.67 Å². The summed E-state index contributed by atoms with van der Waals surface area (Å²) in [5.74, 6) is -0.421. The highest BCUT2D eigenvalue weighted by Crippen LogP contribution is 2.27. The predicted octanol–water partition coefficient (Wildman–Crippen LogP) is 3.32. The second-order valence-corrected chi connectivity index (χ2v) is 5.17. The third-order valence-electron chi connectivity index (χ3n) is 3.85. The summed E-state index contributed by atoms with van der Waals surface area (Å²) in [5.41, 5.74) is 2.48. The van der Waals surface area contributed by atoms with Gasteiger partial charge in [-0.05, 0) is 30.2 Å². The molecule has 0 unspecified atom stereocenters. The molecule has 0 bridgehead atoms. The minimum absolute atomic E-state index is 0.0458. The fourth-order valence-electron chi connectivity index (χ4n) is 2.61. The van der Waals surface area contributed by atoms with Crippen LogP contribution >= 0.6 is 0 Å². The van der Waals surface area contributed by atoms with Crippen molar-refractivity contribution in [3.8, 4) is 11.1 Å². The van der Waals surface area contributed by atoms with E-state index in [2.05, 4.69) is 0 Å². The first-order valence-corrected chi connectivity index (χ1v) is 7.17. The lowest BCUT2D eigenvalue weighted by Gasteiger charge is -2.11. The van der Waals surface area contributed by atoms with E-state index >= 15 is 0 Å². The van der Waals surface area contributed by atoms with E-state index in [1.807, 2.05) is 11.5 Å². The van der Waals surface area contributed by atoms with Crippen LogP contribution < -0.4 is 5.43 Å². The van der Waals surface area contributed by atoms with Crippen molar-refractivity contribution in [2.24, 2.45) is 0 Å². The Bertz CT molecular complexity index is 882. The maximum Gasteiger partial charge on any atom is 0.189 e. The molecular weight excluding hydrogens is 281 g/mol. The first kappa shape index (κ1) is 14.5. The molecule has 3 aromatic rings. The van der Waals surface area contributed by atoms with Gasteiger partial charge in [-0.15, -0.1) is 0 Å². The molecule has 0 saturated carbocycles. The normalized spacial score (nSPS) is 11.0. The molecule has 0 amide bonds. The minimum Gasteiger partial charge on any atom is -0.392 e. The molecule has 0 saturated heterocycles. The number of pyridine rings is 1. The van der Waals surface area contributed by atoms with Gasteiger partial charge in [-0.2, -0.15) is 0 Å². The number of halogens is 1. The Morgan fingerprint density at radius 3 is 2.50 bits per heavy atom. The number of aliphatic hydroxyl groups excluding tert-OH is 1. The van der Waals surface area contributed by atoms with Gasteiger partial charge in [0.05, 0.1) is 12.1 Å². The molecule has 0 atom stereocenters. The molecule has 3 rings (SSSR count). The van der Waals surface area contributed by atoms with E-state index in [0.717, 1.165) is 16.6 Å². The van der Waals surface area contributed by atoms with Crippen LogP contribution in [0.25, 0.3) is 22.0 Å². The zero-order valence-corrected chi connectivity index (χ0v) is 12.2. The number of fused-ring (bicyclic) bond motifs is 1. The summed E-state index contributed by atoms with van der Waals surface area (Å²) >= 11 is 0. The molecular formula is C18H16FNO2. The van der Waals surface area contributed by atoms with Crippen molar-refractivity contribution >= 4 is 10.9 Å². The molecule has 0 fully saturated rings. The molecule has 1 heterocycles. The van der Waals surface area contributed by atoms with E-state index in [-0.39, 0.29) is 12.0 Å². The number of benzene rings is 2. The van der Waals surface area contributed by atoms with Crippen molar-refractivity contribution in [3.05, 3.63) is 70.3 Å². The smallest absolute Gasteiger partial charge is 0.189 e. The molecule has 112 valence electrons. The third-order valence-corrected chi connectivity index (χ3v) is 3.85. The number of hydrogen-bond acceptors (Lipinski definition) is 2. The molecule has 3 nitrogen and oxygen atoms in total. The maximum atomic E-state index is 14.4. The van der Waals surface area contributed by atoms with E-state index in [4.69, 9.17) is 5.11 Å². The summed E-state index contributed by atoms with van der Waals surface area (Å²) in [7, 11) is 0. The second kappa shape index (κ2) is 5.73. The lowest BCUT2D eigenvalue weighted by molar-refractivity contribution is 0.282. The van der Waals surface area contributed by atoms with Gasteiger partial charge in [-0.25, -0.2) is 4.39 Å². The van der Waals surface area contributed by atoms with E-state index in [1.165, 1.54) is 12.1 Å². The molecule has 1 aromatic heterocycles. The van der Waals surface area contributed by atoms with Crippen LogP contribution in [0, 0.1) is 5.82 Å². The van der Waals surface area contributed by atoms with Crippen LogP contribution in [0.1, 0.15) is 12.5 Å². The number of hydrogen-bond donors (Lipinski definition) is 1. The molecule has 0 aliphatic rings. The molecule has 0 aliphatic carbocycles. The predicted molar refractivity (Wildman–Crippen MR) is 85.2 cm³/mol. The summed E-state index contributed by atoms with van der Waals surface area (Å²) < 4.78 is 16.3. The highest BCUT2D eigenvalue weighted by molar-refractivity contribution is 5.85. The molecule has 2 aromatic carbocycles. The third kappa shape index (κ3) is 2.42. The standard InChI is InChI=1S/C18H16FNO2/c1-2-20-8-7-18(22)15-9-16(19)14(10-17(15)20)13-5-3-12(11-21)4-6-13/h3-10,21H,2,11H2,1H3. The first-order valence-electron chi connectivity index (χ1n) is 7.17. The highest BCUT2D eigenvalue weighted by atomic mass is 19.1. The van der Waals surface area contributed by atoms with Gasteiger partial charge in [0.25, 0.3) is 0 Å². The van der Waals surface area contributed by atoms with Gasteiger partial charge in [0, 0.05) is 29.8 Å². The monoisotopic (exact) mass is 297 g/mol. The van der Waals surface area contributed by atoms with Crippen molar-refractivity contribution in [2.75, 3.05) is 0 Å². The average Bonchev–Trinajstić information content (AvgIpc) is 2.55. The molecule has 0 spiro atoms. The fraction of sp³-hybridized carbons (Fsp3) is 0.167. The Kier molecular flexibility index (Phi) is 3.77. The molecule has 0 aliphatic heterocycles. The first-order chi connectivity index (χ1) is 10.6. The summed E-state index contributed by atoms with van der Waals surface area (Å²) in [5, 5.41) is 9.47. The van der Waals surface area contributed by atoms with Crippen molar-refractivity contribution in [2.45, 2.75) is 20.1 Å². The van der Waals surface area contributed by atoms with Crippen LogP contribution in [0.15, 0.2) is 53.5 Å². The summed E-state index contributed by atoms with van der Waals surface area (Å²) in [6.07, 6.45) is 1.72. The van der Waals surface area contributed by atoms with E-state index < -0.39 is 5.82 Å². The number of aryl methyl sites for hydroxylation is 1. The highest BCUT2D eigenvalue weighted by Gasteiger charge is 2.11. The maximum absolute atomic E-state index is 14.4. The minimum atomic E-state index is -0.421. The molecule has 1 N–H and O–H groups in total. The Morgan fingerprint density at radius 1 is 1.14 bits per heavy atom. The van der Waals surface area contributed by atoms with Gasteiger partial charge >= 0.3 is 0 Å². The summed E-state index contributed by atoms with van der Waals surface area (Å²) in [6, 6.07) is 11.5. The van der Waals surface area contributed by atoms with Crippen molar-refractivity contribution in [1.29, 1.82) is 0 Å². The fourth-order valence-corrected chi connectivity index (χ4v) is 2.61. The lowest BCUT2D eigenvalue weighted by Crippen LogP contribution is -2.08. The van der Waals surface area contributed by atoms with Crippen LogP contribution in [0.4, 0.5) is 4.39 Å². The Hall–Kier alpha value is -2.46. The lowest BCUT2D eigenvalue weighted by atomic mass is 10.0. The topological polar surface area (TPSA) is 42.2 Å². The summed E-state index contributed by atoms with van der Waals surface area (Å²) in [6.45, 7) is 2.63. The molecule has 22 heavy (non-hydrogen) atoms. The SMILES string of the molecule is CCn1ccc(=O)c2cc(F)c(-c3ccc(CO)cc3)cc21. The zero-order valence-electron chi connectivity index (χ0n) is 12.2. The van der Waals surface area contributed by atoms with Crippen LogP contribution in [0.3, 0.4) is 0 Å². The van der Waals surface area contributed by atoms with Crippen LogP contribution in [-0.2, 0) is 13.2 Å². The van der Waals surface area contributed by atoms with Gasteiger partial charge in [0.1, 0.15) is 5.82 Å². The Labute approximate surface area is 127 Å². The van der Waals surface area contributed by atoms with Gasteiger partial charge in [-0.1, -0.05) is 24.3 Å². The van der Waals surface area contributed by atoms with E-state index in [9.17, 15) is 9.18 Å². The number of nitrogens with zero attached hydrogens (tertiary/aromatic N) is 1. The van der Waals surface area contributed by atoms with E-state index in [1.54, 1.807) is 36.5 Å². The Balaban J connectivity index is 2.25. The van der Waals surface area contributed by atoms with Crippen LogP contribution in [0.2, 0.25) is 0 Å². The van der Waals surface area contributed by atoms with Crippen molar-refractivity contribution in [1.82, 2.24) is 4.57 Å². The van der Waals surface area contributed by atoms with Crippen LogP contribution in [0.5, 0.6) is 0 Å². The Morgan fingerprint density at radius 2 is 1.86 bits per heavy atom. The zero-order chi connectivity index (χ0) is 15.7. The molecule has 0 radical (unpaired) electrons. The van der Waals surface area contributed by atoms with Crippen molar-refractivity contribution in [3.63, 3.8) is 0 Å². The van der Waals surface area contributed by atoms with Crippen LogP contribution in [-0.4, -0.2) is 9.67 Å². The number of aromatic nitrogens is 1. The average molecular weight is 297 g/mol. The summed E-state index contributed by atoms with van der Waals surface area (Å²) in [4.78, 5) is 11.9. The quantitative estimate of drug-likeness (QED) is 0.806. The molecule has 4 heteroatoms. The van der Waals surface area contributed by atoms with Gasteiger partial charge in [0.15, 0.2) is 5.43 Å². The van der Waals surface area contributed by atoms with Gasteiger partial charge in [0.2, 0.25) is 0 Å².